The summed E-state index contributed by atoms with van der Waals surface area (Å²) in [6, 6.07) is 2.90. The van der Waals surface area contributed by atoms with E-state index in [9.17, 15) is 4.79 Å². The van der Waals surface area contributed by atoms with Gasteiger partial charge in [-0.1, -0.05) is 0 Å². The van der Waals surface area contributed by atoms with Crippen molar-refractivity contribution in [2.75, 3.05) is 33.2 Å². The Labute approximate surface area is 151 Å². The number of hydrogen-bond acceptors (Lipinski definition) is 4. The number of likely N-dealkylation sites (tertiary alicyclic amines) is 2. The van der Waals surface area contributed by atoms with Crippen molar-refractivity contribution in [3.63, 3.8) is 0 Å². The van der Waals surface area contributed by atoms with Gasteiger partial charge in [-0.25, -0.2) is 0 Å². The molecule has 2 aliphatic rings. The van der Waals surface area contributed by atoms with Gasteiger partial charge < -0.3 is 9.80 Å². The Kier molecular flexibility index (Phi) is 6.12. The second kappa shape index (κ2) is 8.32. The minimum Gasteiger partial charge on any atom is -0.339 e. The molecule has 25 heavy (non-hydrogen) atoms. The zero-order valence-electron chi connectivity index (χ0n) is 16.0. The predicted molar refractivity (Wildman–Crippen MR) is 99.3 cm³/mol. The summed E-state index contributed by atoms with van der Waals surface area (Å²) in [6.07, 6.45) is 8.31. The molecule has 0 unspecified atom stereocenters. The van der Waals surface area contributed by atoms with Crippen LogP contribution in [0.3, 0.4) is 0 Å². The van der Waals surface area contributed by atoms with Gasteiger partial charge in [0, 0.05) is 37.6 Å². The number of nitrogens with zero attached hydrogens (tertiary/aromatic N) is 5. The Balaban J connectivity index is 1.47. The Morgan fingerprint density at radius 3 is 2.60 bits per heavy atom. The number of amides is 1. The molecule has 6 heteroatoms. The molecule has 3 heterocycles. The van der Waals surface area contributed by atoms with Crippen LogP contribution in [0.15, 0.2) is 18.5 Å². The largest absolute Gasteiger partial charge is 0.339 e. The summed E-state index contributed by atoms with van der Waals surface area (Å²) in [6.45, 7) is 9.42. The van der Waals surface area contributed by atoms with Crippen LogP contribution in [0, 0.1) is 0 Å². The van der Waals surface area contributed by atoms with Crippen LogP contribution in [0.25, 0.3) is 0 Å². The fourth-order valence-electron chi connectivity index (χ4n) is 4.25. The van der Waals surface area contributed by atoms with Crippen LogP contribution in [0.5, 0.6) is 0 Å². The van der Waals surface area contributed by atoms with Crippen LogP contribution in [-0.4, -0.2) is 81.7 Å². The van der Waals surface area contributed by atoms with Gasteiger partial charge in [0.2, 0.25) is 5.91 Å². The smallest absolute Gasteiger partial charge is 0.240 e. The highest BCUT2D eigenvalue weighted by Crippen LogP contribution is 2.24. The zero-order valence-corrected chi connectivity index (χ0v) is 16.0. The van der Waals surface area contributed by atoms with E-state index in [0.717, 1.165) is 58.4 Å². The van der Waals surface area contributed by atoms with Gasteiger partial charge >= 0.3 is 0 Å². The number of carbonyl (C=O) groups excluding carboxylic acids is 1. The van der Waals surface area contributed by atoms with E-state index in [0.29, 0.717) is 18.0 Å². The van der Waals surface area contributed by atoms with Gasteiger partial charge in [0.25, 0.3) is 0 Å². The third-order valence-corrected chi connectivity index (χ3v) is 5.90. The minimum absolute atomic E-state index is 0.0803. The first kappa shape index (κ1) is 18.4. The molecule has 140 valence electrons. The molecule has 0 N–H and O–H groups in total. The lowest BCUT2D eigenvalue weighted by Gasteiger charge is -2.44. The summed E-state index contributed by atoms with van der Waals surface area (Å²) < 4.78 is 2.00. The third kappa shape index (κ3) is 4.42. The van der Waals surface area contributed by atoms with Gasteiger partial charge in [-0.05, 0) is 65.7 Å². The van der Waals surface area contributed by atoms with E-state index in [1.807, 2.05) is 23.1 Å². The highest BCUT2D eigenvalue weighted by atomic mass is 16.2. The highest BCUT2D eigenvalue weighted by Gasteiger charge is 2.36. The van der Waals surface area contributed by atoms with Gasteiger partial charge in [0.1, 0.15) is 0 Å². The fourth-order valence-corrected chi connectivity index (χ4v) is 4.25. The van der Waals surface area contributed by atoms with Crippen molar-refractivity contribution in [1.82, 2.24) is 24.5 Å². The molecule has 1 amide bonds. The molecule has 6 nitrogen and oxygen atoms in total. The summed E-state index contributed by atoms with van der Waals surface area (Å²) in [5.74, 6) is 0.338. The lowest BCUT2D eigenvalue weighted by Crippen LogP contribution is -2.57. The van der Waals surface area contributed by atoms with Crippen molar-refractivity contribution < 1.29 is 4.79 Å². The summed E-state index contributed by atoms with van der Waals surface area (Å²) in [7, 11) is 2.16. The molecule has 2 fully saturated rings. The van der Waals surface area contributed by atoms with E-state index in [1.54, 1.807) is 0 Å². The van der Waals surface area contributed by atoms with E-state index in [4.69, 9.17) is 0 Å². The van der Waals surface area contributed by atoms with Crippen molar-refractivity contribution in [3.8, 4) is 0 Å². The normalized spacial score (nSPS) is 23.8. The SMILES string of the molecule is CC(C)N1CCC[C@@H](N(C)C2CCN(CCn3cccn3)CC2)C1=O. The zero-order chi connectivity index (χ0) is 17.8. The van der Waals surface area contributed by atoms with Crippen molar-refractivity contribution in [2.24, 2.45) is 0 Å². The molecule has 1 aromatic rings. The van der Waals surface area contributed by atoms with Crippen LogP contribution in [0.4, 0.5) is 0 Å². The van der Waals surface area contributed by atoms with Gasteiger partial charge in [0.15, 0.2) is 0 Å². The van der Waals surface area contributed by atoms with Gasteiger partial charge in [0.05, 0.1) is 12.6 Å². The van der Waals surface area contributed by atoms with E-state index in [1.165, 1.54) is 0 Å². The molecule has 2 saturated heterocycles. The van der Waals surface area contributed by atoms with Gasteiger partial charge in [-0.15, -0.1) is 0 Å². The van der Waals surface area contributed by atoms with Gasteiger partial charge in [-0.3, -0.25) is 14.4 Å². The highest BCUT2D eigenvalue weighted by molar-refractivity contribution is 5.82. The molecule has 2 aliphatic heterocycles. The molecule has 0 saturated carbocycles. The molecule has 0 aliphatic carbocycles. The van der Waals surface area contributed by atoms with Crippen molar-refractivity contribution >= 4 is 5.91 Å². The summed E-state index contributed by atoms with van der Waals surface area (Å²) in [5, 5.41) is 4.27. The van der Waals surface area contributed by atoms with Crippen molar-refractivity contribution in [3.05, 3.63) is 18.5 Å². The van der Waals surface area contributed by atoms with E-state index >= 15 is 0 Å². The van der Waals surface area contributed by atoms with Crippen LogP contribution in [0.1, 0.15) is 39.5 Å². The van der Waals surface area contributed by atoms with Crippen molar-refractivity contribution in [2.45, 2.75) is 64.2 Å². The first-order valence-corrected chi connectivity index (χ1v) is 9.78. The first-order valence-electron chi connectivity index (χ1n) is 9.78. The molecular weight excluding hydrogens is 314 g/mol. The molecule has 0 spiro atoms. The average molecular weight is 348 g/mol. The van der Waals surface area contributed by atoms with E-state index in [-0.39, 0.29) is 6.04 Å². The van der Waals surface area contributed by atoms with E-state index < -0.39 is 0 Å². The lowest BCUT2D eigenvalue weighted by molar-refractivity contribution is -0.143. The Morgan fingerprint density at radius 2 is 1.96 bits per heavy atom. The second-order valence-electron chi connectivity index (χ2n) is 7.79. The maximum Gasteiger partial charge on any atom is 0.240 e. The molecule has 1 aromatic heterocycles. The topological polar surface area (TPSA) is 44.6 Å². The Hall–Kier alpha value is -1.40. The average Bonchev–Trinajstić information content (AvgIpc) is 3.13. The molecule has 0 bridgehead atoms. The van der Waals surface area contributed by atoms with Gasteiger partial charge in [-0.2, -0.15) is 5.10 Å². The van der Waals surface area contributed by atoms with E-state index in [2.05, 4.69) is 40.7 Å². The molecule has 3 rings (SSSR count). The number of likely N-dealkylation sites (N-methyl/N-ethyl adjacent to an activating group) is 1. The lowest BCUT2D eigenvalue weighted by atomic mass is 9.96. The molecule has 0 aromatic carbocycles. The minimum atomic E-state index is 0.0803. The number of rotatable bonds is 6. The second-order valence-corrected chi connectivity index (χ2v) is 7.79. The molecule has 1 atom stereocenters. The number of aromatic nitrogens is 2. The first-order chi connectivity index (χ1) is 12.1. The van der Waals surface area contributed by atoms with Crippen LogP contribution < -0.4 is 0 Å². The third-order valence-electron chi connectivity index (χ3n) is 5.90. The molecule has 0 radical (unpaired) electrons. The monoisotopic (exact) mass is 347 g/mol. The predicted octanol–water partition coefficient (Wildman–Crippen LogP) is 1.68. The summed E-state index contributed by atoms with van der Waals surface area (Å²) in [5.41, 5.74) is 0. The standard InChI is InChI=1S/C19H33N5O/c1-16(2)24-11-4-6-18(19(24)25)21(3)17-7-12-22(13-8-17)14-15-23-10-5-9-20-23/h5,9-10,16-18H,4,6-8,11-15H2,1-3H3/t18-/m1/s1. The number of piperidine rings is 2. The van der Waals surface area contributed by atoms with Crippen LogP contribution in [0.2, 0.25) is 0 Å². The van der Waals surface area contributed by atoms with Crippen molar-refractivity contribution in [1.29, 1.82) is 0 Å². The summed E-state index contributed by atoms with van der Waals surface area (Å²) in [4.78, 5) is 19.8. The Bertz CT molecular complexity index is 536. The summed E-state index contributed by atoms with van der Waals surface area (Å²) >= 11 is 0. The number of carbonyl (C=O) groups is 1. The number of hydrogen-bond donors (Lipinski definition) is 0. The van der Waals surface area contributed by atoms with Crippen LogP contribution in [-0.2, 0) is 11.3 Å². The molecular formula is C19H33N5O. The quantitative estimate of drug-likeness (QED) is 0.785. The van der Waals surface area contributed by atoms with Crippen LogP contribution >= 0.6 is 0 Å². The fraction of sp³-hybridized carbons (Fsp3) is 0.789. The maximum absolute atomic E-state index is 12.8. The maximum atomic E-state index is 12.8. The Morgan fingerprint density at radius 1 is 1.20 bits per heavy atom.